The number of rotatable bonds is 4. The van der Waals surface area contributed by atoms with Crippen LogP contribution in [0.3, 0.4) is 0 Å². The third-order valence-electron chi connectivity index (χ3n) is 2.66. The van der Waals surface area contributed by atoms with E-state index in [0.29, 0.717) is 11.4 Å². The molecule has 2 aromatic rings. The number of aldehydes is 1. The number of carbonyl (C=O) groups is 1. The van der Waals surface area contributed by atoms with Gasteiger partial charge in [0.1, 0.15) is 0 Å². The van der Waals surface area contributed by atoms with Gasteiger partial charge in [-0.25, -0.2) is 4.68 Å². The lowest BCUT2D eigenvalue weighted by Crippen LogP contribution is -2.05. The lowest BCUT2D eigenvalue weighted by Gasteiger charge is -2.03. The fourth-order valence-corrected chi connectivity index (χ4v) is 1.85. The van der Waals surface area contributed by atoms with Gasteiger partial charge in [0.15, 0.2) is 12.1 Å². The van der Waals surface area contributed by atoms with Gasteiger partial charge in [-0.2, -0.15) is 10.2 Å². The van der Waals surface area contributed by atoms with Crippen molar-refractivity contribution in [3.63, 3.8) is 0 Å². The maximum Gasteiger partial charge on any atom is 0.175 e. The van der Waals surface area contributed by atoms with E-state index in [1.807, 2.05) is 19.9 Å². The van der Waals surface area contributed by atoms with E-state index in [1.54, 1.807) is 16.9 Å². The first-order chi connectivity index (χ1) is 8.31. The maximum absolute atomic E-state index is 11.1. The molecule has 0 spiro atoms. The predicted molar refractivity (Wildman–Crippen MR) is 63.3 cm³/mol. The van der Waals surface area contributed by atoms with Crippen molar-refractivity contribution in [1.29, 1.82) is 0 Å². The van der Waals surface area contributed by atoms with Gasteiger partial charge in [0.05, 0.1) is 17.0 Å². The SMILES string of the molecule is CCc1nn(-c2cccnn2)c(CC)c1C=O. The standard InChI is InChI=1S/C12H14N4O/c1-3-10-9(8-17)11(4-2)16(15-10)12-6-5-7-13-14-12/h5-8H,3-4H2,1-2H3. The molecular formula is C12H14N4O. The van der Waals surface area contributed by atoms with E-state index in [2.05, 4.69) is 15.3 Å². The van der Waals surface area contributed by atoms with Crippen LogP contribution in [0.15, 0.2) is 18.3 Å². The first kappa shape index (κ1) is 11.4. The summed E-state index contributed by atoms with van der Waals surface area (Å²) >= 11 is 0. The molecule has 2 heterocycles. The molecule has 0 amide bonds. The minimum atomic E-state index is 0.646. The first-order valence-electron chi connectivity index (χ1n) is 5.65. The monoisotopic (exact) mass is 230 g/mol. The van der Waals surface area contributed by atoms with Crippen LogP contribution in [0.4, 0.5) is 0 Å². The van der Waals surface area contributed by atoms with E-state index in [0.717, 1.165) is 30.5 Å². The maximum atomic E-state index is 11.1. The van der Waals surface area contributed by atoms with Crippen molar-refractivity contribution < 1.29 is 4.79 Å². The highest BCUT2D eigenvalue weighted by atomic mass is 16.1. The Bertz CT molecular complexity index is 519. The van der Waals surface area contributed by atoms with Crippen LogP contribution in [-0.2, 0) is 12.8 Å². The molecule has 0 fully saturated rings. The van der Waals surface area contributed by atoms with Crippen LogP contribution in [-0.4, -0.2) is 26.3 Å². The molecule has 0 aromatic carbocycles. The average Bonchev–Trinajstić information content (AvgIpc) is 2.77. The lowest BCUT2D eigenvalue weighted by atomic mass is 10.1. The quantitative estimate of drug-likeness (QED) is 0.748. The zero-order valence-electron chi connectivity index (χ0n) is 9.92. The summed E-state index contributed by atoms with van der Waals surface area (Å²) in [5.41, 5.74) is 2.38. The molecular weight excluding hydrogens is 216 g/mol. The summed E-state index contributed by atoms with van der Waals surface area (Å²) in [6.07, 6.45) is 3.95. The van der Waals surface area contributed by atoms with E-state index in [1.165, 1.54) is 0 Å². The summed E-state index contributed by atoms with van der Waals surface area (Å²) in [5, 5.41) is 12.3. The number of aryl methyl sites for hydroxylation is 1. The lowest BCUT2D eigenvalue weighted by molar-refractivity contribution is 0.112. The Hall–Kier alpha value is -2.04. The molecule has 0 aliphatic rings. The number of carbonyl (C=O) groups excluding carboxylic acids is 1. The van der Waals surface area contributed by atoms with Crippen molar-refractivity contribution in [1.82, 2.24) is 20.0 Å². The molecule has 0 bridgehead atoms. The van der Waals surface area contributed by atoms with Crippen LogP contribution in [0, 0.1) is 0 Å². The molecule has 0 aliphatic heterocycles. The Balaban J connectivity index is 2.62. The molecule has 0 saturated carbocycles. The fourth-order valence-electron chi connectivity index (χ4n) is 1.85. The third-order valence-corrected chi connectivity index (χ3v) is 2.66. The molecule has 2 rings (SSSR count). The van der Waals surface area contributed by atoms with Crippen molar-refractivity contribution in [2.45, 2.75) is 26.7 Å². The molecule has 0 aliphatic carbocycles. The van der Waals surface area contributed by atoms with E-state index in [9.17, 15) is 4.79 Å². The second-order valence-corrected chi connectivity index (χ2v) is 3.63. The van der Waals surface area contributed by atoms with Gasteiger partial charge < -0.3 is 0 Å². The molecule has 5 heteroatoms. The highest BCUT2D eigenvalue weighted by Gasteiger charge is 2.16. The van der Waals surface area contributed by atoms with Crippen LogP contribution >= 0.6 is 0 Å². The number of aromatic nitrogens is 4. The predicted octanol–water partition coefficient (Wildman–Crippen LogP) is 1.60. The summed E-state index contributed by atoms with van der Waals surface area (Å²) in [6, 6.07) is 3.63. The Morgan fingerprint density at radius 2 is 2.18 bits per heavy atom. The largest absolute Gasteiger partial charge is 0.298 e. The van der Waals surface area contributed by atoms with E-state index in [4.69, 9.17) is 0 Å². The molecule has 2 aromatic heterocycles. The van der Waals surface area contributed by atoms with Gasteiger partial charge in [-0.1, -0.05) is 13.8 Å². The molecule has 0 atom stereocenters. The normalized spacial score (nSPS) is 10.5. The molecule has 88 valence electrons. The Morgan fingerprint density at radius 3 is 2.71 bits per heavy atom. The average molecular weight is 230 g/mol. The second-order valence-electron chi connectivity index (χ2n) is 3.63. The van der Waals surface area contributed by atoms with Crippen molar-refractivity contribution in [3.8, 4) is 5.82 Å². The van der Waals surface area contributed by atoms with Gasteiger partial charge in [-0.15, -0.1) is 5.10 Å². The Kier molecular flexibility index (Phi) is 3.27. The first-order valence-corrected chi connectivity index (χ1v) is 5.65. The summed E-state index contributed by atoms with van der Waals surface area (Å²) in [7, 11) is 0. The highest BCUT2D eigenvalue weighted by molar-refractivity contribution is 5.78. The molecule has 0 unspecified atom stereocenters. The van der Waals surface area contributed by atoms with Crippen molar-refractivity contribution >= 4 is 6.29 Å². The van der Waals surface area contributed by atoms with Gasteiger partial charge in [-0.3, -0.25) is 4.79 Å². The van der Waals surface area contributed by atoms with Gasteiger partial charge in [0.25, 0.3) is 0 Å². The molecule has 0 saturated heterocycles. The van der Waals surface area contributed by atoms with Gasteiger partial charge >= 0.3 is 0 Å². The minimum Gasteiger partial charge on any atom is -0.298 e. The number of hydrogen-bond acceptors (Lipinski definition) is 4. The highest BCUT2D eigenvalue weighted by Crippen LogP contribution is 2.17. The number of nitrogens with zero attached hydrogens (tertiary/aromatic N) is 4. The Labute approximate surface area is 99.5 Å². The number of hydrogen-bond donors (Lipinski definition) is 0. The van der Waals surface area contributed by atoms with E-state index in [-0.39, 0.29) is 0 Å². The molecule has 0 N–H and O–H groups in total. The van der Waals surface area contributed by atoms with Crippen LogP contribution < -0.4 is 0 Å². The summed E-state index contributed by atoms with van der Waals surface area (Å²) in [4.78, 5) is 11.1. The smallest absolute Gasteiger partial charge is 0.175 e. The third kappa shape index (κ3) is 1.95. The Morgan fingerprint density at radius 1 is 1.35 bits per heavy atom. The minimum absolute atomic E-state index is 0.646. The molecule has 0 radical (unpaired) electrons. The van der Waals surface area contributed by atoms with Gasteiger partial charge in [-0.05, 0) is 25.0 Å². The molecule has 17 heavy (non-hydrogen) atoms. The van der Waals surface area contributed by atoms with Gasteiger partial charge in [0, 0.05) is 6.20 Å². The van der Waals surface area contributed by atoms with Crippen molar-refractivity contribution in [2.24, 2.45) is 0 Å². The summed E-state index contributed by atoms with van der Waals surface area (Å²) in [5.74, 6) is 0.646. The van der Waals surface area contributed by atoms with Crippen molar-refractivity contribution in [3.05, 3.63) is 35.3 Å². The summed E-state index contributed by atoms with van der Waals surface area (Å²) in [6.45, 7) is 3.98. The van der Waals surface area contributed by atoms with Crippen LogP contribution in [0.1, 0.15) is 35.6 Å². The van der Waals surface area contributed by atoms with Gasteiger partial charge in [0.2, 0.25) is 0 Å². The second kappa shape index (κ2) is 4.86. The fraction of sp³-hybridized carbons (Fsp3) is 0.333. The zero-order valence-corrected chi connectivity index (χ0v) is 9.92. The molecule has 5 nitrogen and oxygen atoms in total. The van der Waals surface area contributed by atoms with Crippen molar-refractivity contribution in [2.75, 3.05) is 0 Å². The van der Waals surface area contributed by atoms with Crippen LogP contribution in [0.25, 0.3) is 5.82 Å². The van der Waals surface area contributed by atoms with E-state index >= 15 is 0 Å². The van der Waals surface area contributed by atoms with Crippen LogP contribution in [0.5, 0.6) is 0 Å². The topological polar surface area (TPSA) is 60.7 Å². The zero-order chi connectivity index (χ0) is 12.3. The van der Waals surface area contributed by atoms with E-state index < -0.39 is 0 Å². The van der Waals surface area contributed by atoms with Crippen LogP contribution in [0.2, 0.25) is 0 Å². The summed E-state index contributed by atoms with van der Waals surface area (Å²) < 4.78 is 1.70.